The van der Waals surface area contributed by atoms with E-state index < -0.39 is 17.9 Å². The SMILES string of the molecule is CCOC(=O)CN1C(=O)CCN(C(=O)c2ccc(F)cc2)CC(OC)c2ccccc21. The first-order valence-corrected chi connectivity index (χ1v) is 10.1. The molecule has 2 aromatic rings. The molecule has 7 nitrogen and oxygen atoms in total. The lowest BCUT2D eigenvalue weighted by molar-refractivity contribution is -0.142. The van der Waals surface area contributed by atoms with Crippen molar-refractivity contribution in [2.75, 3.05) is 38.3 Å². The summed E-state index contributed by atoms with van der Waals surface area (Å²) in [6.07, 6.45) is -0.520. The van der Waals surface area contributed by atoms with Crippen LogP contribution in [0.25, 0.3) is 0 Å². The number of esters is 1. The standard InChI is InChI=1S/C23H25FN2O5/c1-3-31-22(28)15-26-19-7-5-4-6-18(19)20(30-2)14-25(13-12-21(26)27)23(29)16-8-10-17(24)11-9-16/h4-11,20H,3,12-15H2,1-2H3. The number of amides is 2. The normalized spacial score (nSPS) is 16.7. The lowest BCUT2D eigenvalue weighted by atomic mass is 10.0. The zero-order chi connectivity index (χ0) is 22.4. The molecule has 2 amide bonds. The smallest absolute Gasteiger partial charge is 0.326 e. The second kappa shape index (κ2) is 10.2. The Hall–Kier alpha value is -3.26. The van der Waals surface area contributed by atoms with E-state index in [-0.39, 0.29) is 44.5 Å². The maximum absolute atomic E-state index is 13.3. The number of rotatable bonds is 5. The number of ether oxygens (including phenoxy) is 2. The topological polar surface area (TPSA) is 76.2 Å². The summed E-state index contributed by atoms with van der Waals surface area (Å²) in [5.74, 6) is -1.59. The van der Waals surface area contributed by atoms with Crippen molar-refractivity contribution in [1.82, 2.24) is 4.90 Å². The maximum Gasteiger partial charge on any atom is 0.326 e. The number of anilines is 1. The number of para-hydroxylation sites is 1. The number of fused-ring (bicyclic) bond motifs is 1. The second-order valence-electron chi connectivity index (χ2n) is 7.08. The van der Waals surface area contributed by atoms with Crippen molar-refractivity contribution in [2.45, 2.75) is 19.4 Å². The fourth-order valence-corrected chi connectivity index (χ4v) is 3.57. The Morgan fingerprint density at radius 2 is 1.84 bits per heavy atom. The Labute approximate surface area is 180 Å². The highest BCUT2D eigenvalue weighted by Gasteiger charge is 2.30. The highest BCUT2D eigenvalue weighted by Crippen LogP contribution is 2.31. The summed E-state index contributed by atoms with van der Waals surface area (Å²) < 4.78 is 24.0. The van der Waals surface area contributed by atoms with E-state index >= 15 is 0 Å². The Morgan fingerprint density at radius 1 is 1.13 bits per heavy atom. The Bertz CT molecular complexity index is 947. The van der Waals surface area contributed by atoms with Crippen LogP contribution in [0.2, 0.25) is 0 Å². The Balaban J connectivity index is 1.96. The van der Waals surface area contributed by atoms with Gasteiger partial charge in [0, 0.05) is 31.2 Å². The molecular weight excluding hydrogens is 403 g/mol. The van der Waals surface area contributed by atoms with Gasteiger partial charge < -0.3 is 19.3 Å². The zero-order valence-corrected chi connectivity index (χ0v) is 17.5. The summed E-state index contributed by atoms with van der Waals surface area (Å²) in [6.45, 7) is 2.01. The first-order valence-electron chi connectivity index (χ1n) is 10.1. The maximum atomic E-state index is 13.3. The molecule has 8 heteroatoms. The molecule has 2 aromatic carbocycles. The van der Waals surface area contributed by atoms with Gasteiger partial charge in [0.1, 0.15) is 18.5 Å². The highest BCUT2D eigenvalue weighted by atomic mass is 19.1. The summed E-state index contributed by atoms with van der Waals surface area (Å²) in [5.41, 5.74) is 1.55. The number of hydrogen-bond donors (Lipinski definition) is 0. The van der Waals surface area contributed by atoms with Gasteiger partial charge in [-0.25, -0.2) is 4.39 Å². The van der Waals surface area contributed by atoms with Gasteiger partial charge in [-0.1, -0.05) is 18.2 Å². The first-order chi connectivity index (χ1) is 14.9. The molecule has 0 bridgehead atoms. The third-order valence-corrected chi connectivity index (χ3v) is 5.11. The summed E-state index contributed by atoms with van der Waals surface area (Å²) in [4.78, 5) is 41.2. The average molecular weight is 428 g/mol. The second-order valence-corrected chi connectivity index (χ2v) is 7.08. The minimum absolute atomic E-state index is 0.0110. The molecule has 1 atom stereocenters. The Morgan fingerprint density at radius 3 is 2.52 bits per heavy atom. The highest BCUT2D eigenvalue weighted by molar-refractivity contribution is 5.99. The molecule has 0 saturated carbocycles. The molecule has 0 fully saturated rings. The van der Waals surface area contributed by atoms with Crippen molar-refractivity contribution in [3.8, 4) is 0 Å². The van der Waals surface area contributed by atoms with E-state index in [0.29, 0.717) is 16.8 Å². The third kappa shape index (κ3) is 5.27. The fraction of sp³-hybridized carbons (Fsp3) is 0.348. The molecule has 1 heterocycles. The molecular formula is C23H25FN2O5. The lowest BCUT2D eigenvalue weighted by Crippen LogP contribution is -2.39. The van der Waals surface area contributed by atoms with Gasteiger partial charge in [0.2, 0.25) is 5.91 Å². The van der Waals surface area contributed by atoms with Crippen LogP contribution in [-0.2, 0) is 19.1 Å². The van der Waals surface area contributed by atoms with Crippen molar-refractivity contribution in [2.24, 2.45) is 0 Å². The van der Waals surface area contributed by atoms with E-state index in [9.17, 15) is 18.8 Å². The van der Waals surface area contributed by atoms with Gasteiger partial charge in [0.05, 0.1) is 18.8 Å². The van der Waals surface area contributed by atoms with Crippen molar-refractivity contribution in [1.29, 1.82) is 0 Å². The van der Waals surface area contributed by atoms with Crippen LogP contribution in [0.15, 0.2) is 48.5 Å². The van der Waals surface area contributed by atoms with Gasteiger partial charge in [0.25, 0.3) is 5.91 Å². The van der Waals surface area contributed by atoms with E-state index in [1.54, 1.807) is 25.1 Å². The number of methoxy groups -OCH3 is 1. The van der Waals surface area contributed by atoms with Crippen LogP contribution in [0.5, 0.6) is 0 Å². The molecule has 0 radical (unpaired) electrons. The molecule has 1 aliphatic heterocycles. The van der Waals surface area contributed by atoms with Crippen LogP contribution in [0.3, 0.4) is 0 Å². The number of nitrogens with zero attached hydrogens (tertiary/aromatic N) is 2. The monoisotopic (exact) mass is 428 g/mol. The van der Waals surface area contributed by atoms with E-state index in [2.05, 4.69) is 0 Å². The number of benzene rings is 2. The molecule has 0 aromatic heterocycles. The van der Waals surface area contributed by atoms with E-state index in [1.165, 1.54) is 41.2 Å². The lowest BCUT2D eigenvalue weighted by Gasteiger charge is -2.27. The van der Waals surface area contributed by atoms with Gasteiger partial charge in [-0.2, -0.15) is 0 Å². The molecule has 0 saturated heterocycles. The molecule has 0 aliphatic carbocycles. The van der Waals surface area contributed by atoms with Gasteiger partial charge >= 0.3 is 5.97 Å². The van der Waals surface area contributed by atoms with Crippen molar-refractivity contribution in [3.63, 3.8) is 0 Å². The number of carbonyl (C=O) groups is 3. The minimum atomic E-state index is -0.531. The first kappa shape index (κ1) is 22.4. The fourth-order valence-electron chi connectivity index (χ4n) is 3.57. The number of halogens is 1. The molecule has 0 spiro atoms. The van der Waals surface area contributed by atoms with E-state index in [1.807, 2.05) is 6.07 Å². The van der Waals surface area contributed by atoms with E-state index in [0.717, 1.165) is 0 Å². The van der Waals surface area contributed by atoms with Crippen molar-refractivity contribution in [3.05, 3.63) is 65.5 Å². The van der Waals surface area contributed by atoms with Crippen LogP contribution < -0.4 is 4.90 Å². The predicted molar refractivity (Wildman–Crippen MR) is 112 cm³/mol. The van der Waals surface area contributed by atoms with Crippen molar-refractivity contribution < 1.29 is 28.2 Å². The third-order valence-electron chi connectivity index (χ3n) is 5.11. The molecule has 1 unspecified atom stereocenters. The Kier molecular flexibility index (Phi) is 7.36. The summed E-state index contributed by atoms with van der Waals surface area (Å²) in [5, 5.41) is 0. The molecule has 0 N–H and O–H groups in total. The quantitative estimate of drug-likeness (QED) is 0.685. The van der Waals surface area contributed by atoms with Crippen LogP contribution in [0, 0.1) is 5.82 Å². The van der Waals surface area contributed by atoms with Gasteiger partial charge in [-0.15, -0.1) is 0 Å². The molecule has 164 valence electrons. The molecule has 3 rings (SSSR count). The van der Waals surface area contributed by atoms with E-state index in [4.69, 9.17) is 9.47 Å². The van der Waals surface area contributed by atoms with Crippen molar-refractivity contribution >= 4 is 23.5 Å². The minimum Gasteiger partial charge on any atom is -0.465 e. The van der Waals surface area contributed by atoms with Crippen LogP contribution in [-0.4, -0.2) is 56.0 Å². The summed E-state index contributed by atoms with van der Waals surface area (Å²) in [6, 6.07) is 12.4. The van der Waals surface area contributed by atoms with Crippen LogP contribution in [0.4, 0.5) is 10.1 Å². The summed E-state index contributed by atoms with van der Waals surface area (Å²) in [7, 11) is 1.53. The molecule has 31 heavy (non-hydrogen) atoms. The van der Waals surface area contributed by atoms with Gasteiger partial charge in [-0.05, 0) is 37.3 Å². The zero-order valence-electron chi connectivity index (χ0n) is 17.5. The van der Waals surface area contributed by atoms with Crippen LogP contribution >= 0.6 is 0 Å². The summed E-state index contributed by atoms with van der Waals surface area (Å²) >= 11 is 0. The largest absolute Gasteiger partial charge is 0.465 e. The molecule has 1 aliphatic rings. The predicted octanol–water partition coefficient (Wildman–Crippen LogP) is 2.96. The van der Waals surface area contributed by atoms with Gasteiger partial charge in [-0.3, -0.25) is 14.4 Å². The van der Waals surface area contributed by atoms with Crippen LogP contribution in [0.1, 0.15) is 35.4 Å². The number of carbonyl (C=O) groups excluding carboxylic acids is 3. The average Bonchev–Trinajstić information content (AvgIpc) is 2.82. The number of hydrogen-bond acceptors (Lipinski definition) is 5. The van der Waals surface area contributed by atoms with Gasteiger partial charge in [0.15, 0.2) is 0 Å².